The number of hydrazone groups is 1. The third kappa shape index (κ3) is 5.76. The minimum Gasteiger partial charge on any atom is -0.493 e. The van der Waals surface area contributed by atoms with Crippen molar-refractivity contribution in [3.05, 3.63) is 98.0 Å². The number of rotatable bonds is 7. The minimum absolute atomic E-state index is 0.101. The number of nitro groups is 1. The van der Waals surface area contributed by atoms with Gasteiger partial charge in [-0.05, 0) is 48.0 Å². The lowest BCUT2D eigenvalue weighted by atomic mass is 10.2. The highest BCUT2D eigenvalue weighted by molar-refractivity contribution is 9.10. The molecule has 1 amide bonds. The molecule has 3 rings (SSSR count). The van der Waals surface area contributed by atoms with Crippen molar-refractivity contribution in [2.24, 2.45) is 5.10 Å². The first-order chi connectivity index (χ1) is 15.4. The zero-order chi connectivity index (χ0) is 23.1. The van der Waals surface area contributed by atoms with Crippen LogP contribution in [0.5, 0.6) is 11.5 Å². The summed E-state index contributed by atoms with van der Waals surface area (Å²) in [7, 11) is 1.43. The number of carbonyl (C=O) groups excluding carboxylic acids is 2. The first kappa shape index (κ1) is 22.6. The van der Waals surface area contributed by atoms with Crippen molar-refractivity contribution in [3.63, 3.8) is 0 Å². The van der Waals surface area contributed by atoms with E-state index in [4.69, 9.17) is 9.47 Å². The number of carbonyl (C=O) groups is 2. The Morgan fingerprint density at radius 2 is 1.78 bits per heavy atom. The molecule has 3 aromatic rings. The fourth-order valence-corrected chi connectivity index (χ4v) is 3.01. The molecule has 0 bridgehead atoms. The Morgan fingerprint density at radius 3 is 2.50 bits per heavy atom. The Balaban J connectivity index is 1.68. The molecule has 0 aliphatic carbocycles. The number of nitrogens with one attached hydrogen (secondary N) is 1. The molecule has 3 aromatic carbocycles. The highest BCUT2D eigenvalue weighted by Gasteiger charge is 2.14. The van der Waals surface area contributed by atoms with E-state index in [-0.39, 0.29) is 17.0 Å². The van der Waals surface area contributed by atoms with Crippen LogP contribution in [0.2, 0.25) is 0 Å². The summed E-state index contributed by atoms with van der Waals surface area (Å²) in [5.41, 5.74) is 3.14. The van der Waals surface area contributed by atoms with E-state index in [1.165, 1.54) is 31.5 Å². The molecule has 0 spiro atoms. The van der Waals surface area contributed by atoms with Gasteiger partial charge in [-0.3, -0.25) is 14.9 Å². The Morgan fingerprint density at radius 1 is 1.03 bits per heavy atom. The summed E-state index contributed by atoms with van der Waals surface area (Å²) in [4.78, 5) is 34.7. The number of nitro benzene ring substituents is 1. The van der Waals surface area contributed by atoms with E-state index in [0.717, 1.165) is 10.5 Å². The Hall–Kier alpha value is -4.05. The van der Waals surface area contributed by atoms with Gasteiger partial charge < -0.3 is 9.47 Å². The number of hydrogen-bond donors (Lipinski definition) is 1. The van der Waals surface area contributed by atoms with Crippen LogP contribution >= 0.6 is 15.9 Å². The topological polar surface area (TPSA) is 120 Å². The van der Waals surface area contributed by atoms with Crippen LogP contribution < -0.4 is 14.9 Å². The lowest BCUT2D eigenvalue weighted by Gasteiger charge is -2.10. The van der Waals surface area contributed by atoms with Gasteiger partial charge in [0.2, 0.25) is 0 Å². The van der Waals surface area contributed by atoms with E-state index in [0.29, 0.717) is 16.9 Å². The Kier molecular flexibility index (Phi) is 7.29. The molecule has 0 aliphatic heterocycles. The molecule has 32 heavy (non-hydrogen) atoms. The molecule has 0 fully saturated rings. The third-order valence-corrected chi connectivity index (χ3v) is 4.64. The molecular formula is C22H16BrN3O6. The predicted octanol–water partition coefficient (Wildman–Crippen LogP) is 4.35. The number of non-ortho nitro benzene ring substituents is 1. The van der Waals surface area contributed by atoms with Crippen LogP contribution in [-0.4, -0.2) is 30.1 Å². The molecule has 10 heteroatoms. The summed E-state index contributed by atoms with van der Waals surface area (Å²) in [5, 5.41) is 14.7. The van der Waals surface area contributed by atoms with Crippen LogP contribution in [0.25, 0.3) is 0 Å². The van der Waals surface area contributed by atoms with Gasteiger partial charge in [-0.15, -0.1) is 0 Å². The van der Waals surface area contributed by atoms with Gasteiger partial charge in [0.05, 0.1) is 23.8 Å². The van der Waals surface area contributed by atoms with Gasteiger partial charge in [0.15, 0.2) is 11.5 Å². The van der Waals surface area contributed by atoms with Crippen molar-refractivity contribution < 1.29 is 24.0 Å². The number of esters is 1. The zero-order valence-corrected chi connectivity index (χ0v) is 18.2. The van der Waals surface area contributed by atoms with Crippen molar-refractivity contribution in [2.45, 2.75) is 0 Å². The number of methoxy groups -OCH3 is 1. The van der Waals surface area contributed by atoms with Crippen LogP contribution in [-0.2, 0) is 0 Å². The fourth-order valence-electron chi connectivity index (χ4n) is 2.61. The van der Waals surface area contributed by atoms with Crippen LogP contribution in [0.15, 0.2) is 76.3 Å². The second-order valence-electron chi connectivity index (χ2n) is 6.32. The number of amides is 1. The van der Waals surface area contributed by atoms with Gasteiger partial charge in [0.25, 0.3) is 11.6 Å². The lowest BCUT2D eigenvalue weighted by Crippen LogP contribution is -2.17. The molecule has 0 aromatic heterocycles. The Labute approximate surface area is 190 Å². The largest absolute Gasteiger partial charge is 0.493 e. The maximum atomic E-state index is 12.4. The SMILES string of the molecule is COc1cc(/C=N/NC(=O)c2cccc([N+](=O)[O-])c2)ccc1OC(=O)c1cccc(Br)c1. The summed E-state index contributed by atoms with van der Waals surface area (Å²) in [5.74, 6) is -0.635. The number of ether oxygens (including phenoxy) is 2. The molecule has 0 radical (unpaired) electrons. The lowest BCUT2D eigenvalue weighted by molar-refractivity contribution is -0.384. The monoisotopic (exact) mass is 497 g/mol. The summed E-state index contributed by atoms with van der Waals surface area (Å²) >= 11 is 3.31. The molecule has 0 heterocycles. The molecule has 1 N–H and O–H groups in total. The van der Waals surface area contributed by atoms with Crippen LogP contribution in [0.3, 0.4) is 0 Å². The maximum Gasteiger partial charge on any atom is 0.343 e. The van der Waals surface area contributed by atoms with Crippen molar-refractivity contribution in [1.82, 2.24) is 5.43 Å². The summed E-state index contributed by atoms with van der Waals surface area (Å²) in [6.45, 7) is 0. The quantitative estimate of drug-likeness (QED) is 0.170. The predicted molar refractivity (Wildman–Crippen MR) is 120 cm³/mol. The summed E-state index contributed by atoms with van der Waals surface area (Å²) in [6.07, 6.45) is 1.36. The van der Waals surface area contributed by atoms with Crippen LogP contribution in [0.4, 0.5) is 5.69 Å². The molecule has 0 aliphatic rings. The second-order valence-corrected chi connectivity index (χ2v) is 7.23. The second kappa shape index (κ2) is 10.3. The smallest absolute Gasteiger partial charge is 0.343 e. The van der Waals surface area contributed by atoms with Gasteiger partial charge in [-0.1, -0.05) is 28.1 Å². The standard InChI is InChI=1S/C22H16BrN3O6/c1-31-20-10-14(8-9-19(20)32-22(28)16-5-2-6-17(23)11-16)13-24-25-21(27)15-4-3-7-18(12-15)26(29)30/h2-13H,1H3,(H,25,27)/b24-13+. The molecule has 0 saturated heterocycles. The maximum absolute atomic E-state index is 12.4. The van der Waals surface area contributed by atoms with E-state index < -0.39 is 16.8 Å². The van der Waals surface area contributed by atoms with Crippen LogP contribution in [0.1, 0.15) is 26.3 Å². The molecule has 0 atom stereocenters. The average molecular weight is 498 g/mol. The first-order valence-electron chi connectivity index (χ1n) is 9.11. The highest BCUT2D eigenvalue weighted by atomic mass is 79.9. The van der Waals surface area contributed by atoms with Crippen molar-refractivity contribution in [1.29, 1.82) is 0 Å². The van der Waals surface area contributed by atoms with Gasteiger partial charge in [-0.2, -0.15) is 5.10 Å². The van der Waals surface area contributed by atoms with E-state index in [1.807, 2.05) is 0 Å². The third-order valence-electron chi connectivity index (χ3n) is 4.15. The number of nitrogens with zero attached hydrogens (tertiary/aromatic N) is 2. The fraction of sp³-hybridized carbons (Fsp3) is 0.0455. The van der Waals surface area contributed by atoms with Gasteiger partial charge in [0.1, 0.15) is 0 Å². The van der Waals surface area contributed by atoms with E-state index in [1.54, 1.807) is 42.5 Å². The van der Waals surface area contributed by atoms with Gasteiger partial charge >= 0.3 is 5.97 Å². The summed E-state index contributed by atoms with van der Waals surface area (Å²) in [6, 6.07) is 16.8. The van der Waals surface area contributed by atoms with Crippen LogP contribution in [0, 0.1) is 10.1 Å². The highest BCUT2D eigenvalue weighted by Crippen LogP contribution is 2.28. The summed E-state index contributed by atoms with van der Waals surface area (Å²) < 4.78 is 11.4. The number of halogens is 1. The first-order valence-corrected chi connectivity index (χ1v) is 9.90. The van der Waals surface area contributed by atoms with Crippen molar-refractivity contribution in [2.75, 3.05) is 7.11 Å². The Bertz CT molecular complexity index is 1210. The molecular weight excluding hydrogens is 482 g/mol. The number of hydrogen-bond acceptors (Lipinski definition) is 7. The van der Waals surface area contributed by atoms with E-state index in [9.17, 15) is 19.7 Å². The molecule has 0 saturated carbocycles. The molecule has 0 unspecified atom stereocenters. The molecule has 9 nitrogen and oxygen atoms in total. The van der Waals surface area contributed by atoms with E-state index >= 15 is 0 Å². The molecule has 162 valence electrons. The van der Waals surface area contributed by atoms with Gasteiger partial charge in [-0.25, -0.2) is 10.2 Å². The van der Waals surface area contributed by atoms with Crippen molar-refractivity contribution in [3.8, 4) is 11.5 Å². The van der Waals surface area contributed by atoms with Gasteiger partial charge in [0, 0.05) is 22.2 Å². The minimum atomic E-state index is -0.600. The number of benzene rings is 3. The zero-order valence-electron chi connectivity index (χ0n) is 16.7. The average Bonchev–Trinajstić information content (AvgIpc) is 2.79. The van der Waals surface area contributed by atoms with Crippen molar-refractivity contribution >= 4 is 39.7 Å². The normalized spacial score (nSPS) is 10.6. The van der Waals surface area contributed by atoms with E-state index in [2.05, 4.69) is 26.5 Å².